The van der Waals surface area contributed by atoms with Gasteiger partial charge in [0.25, 0.3) is 0 Å². The molecule has 0 aromatic heterocycles. The molecule has 0 fully saturated rings. The van der Waals surface area contributed by atoms with Crippen molar-refractivity contribution in [2.45, 2.75) is 27.2 Å². The van der Waals surface area contributed by atoms with Crippen LogP contribution < -0.4 is 0 Å². The summed E-state index contributed by atoms with van der Waals surface area (Å²) in [4.78, 5) is 21.6. The van der Waals surface area contributed by atoms with Crippen LogP contribution in [0.2, 0.25) is 0 Å². The van der Waals surface area contributed by atoms with Gasteiger partial charge >= 0.3 is 0 Å². The summed E-state index contributed by atoms with van der Waals surface area (Å²) in [5, 5.41) is -0.297. The lowest BCUT2D eigenvalue weighted by atomic mass is 10.0. The minimum Gasteiger partial charge on any atom is -0.288 e. The average Bonchev–Trinajstić information content (AvgIpc) is 1.96. The third-order valence-corrected chi connectivity index (χ3v) is 2.85. The van der Waals surface area contributed by atoms with Gasteiger partial charge in [-0.3, -0.25) is 9.59 Å². The third-order valence-electron chi connectivity index (χ3n) is 1.56. The van der Waals surface area contributed by atoms with Crippen molar-refractivity contribution in [3.63, 3.8) is 0 Å². The molecule has 0 aromatic carbocycles. The van der Waals surface area contributed by atoms with Crippen molar-refractivity contribution in [2.24, 2.45) is 11.8 Å². The summed E-state index contributed by atoms with van der Waals surface area (Å²) in [5.74, 6) is 0.756. The molecular formula is C9H15ClO2S. The van der Waals surface area contributed by atoms with Gasteiger partial charge < -0.3 is 0 Å². The van der Waals surface area contributed by atoms with Crippen LogP contribution in [0.25, 0.3) is 0 Å². The molecule has 0 heterocycles. The van der Waals surface area contributed by atoms with E-state index in [0.717, 1.165) is 6.42 Å². The molecule has 0 aromatic rings. The van der Waals surface area contributed by atoms with Gasteiger partial charge in [0.2, 0.25) is 5.24 Å². The van der Waals surface area contributed by atoms with Gasteiger partial charge in [0.15, 0.2) is 5.12 Å². The van der Waals surface area contributed by atoms with Crippen LogP contribution in [-0.2, 0) is 9.59 Å². The topological polar surface area (TPSA) is 34.1 Å². The predicted molar refractivity (Wildman–Crippen MR) is 56.9 cm³/mol. The first-order valence-corrected chi connectivity index (χ1v) is 5.62. The Kier molecular flexibility index (Phi) is 6.43. The van der Waals surface area contributed by atoms with Gasteiger partial charge in [-0.2, -0.15) is 0 Å². The maximum absolute atomic E-state index is 10.9. The van der Waals surface area contributed by atoms with Crippen LogP contribution in [0.5, 0.6) is 0 Å². The van der Waals surface area contributed by atoms with Crippen molar-refractivity contribution < 1.29 is 9.59 Å². The van der Waals surface area contributed by atoms with Crippen molar-refractivity contribution in [1.82, 2.24) is 0 Å². The van der Waals surface area contributed by atoms with Gasteiger partial charge in [-0.1, -0.05) is 25.6 Å². The van der Waals surface area contributed by atoms with Crippen molar-refractivity contribution in [3.05, 3.63) is 0 Å². The Bertz CT molecular complexity index is 192. The van der Waals surface area contributed by atoms with Crippen LogP contribution in [0.1, 0.15) is 27.2 Å². The quantitative estimate of drug-likeness (QED) is 0.671. The summed E-state index contributed by atoms with van der Waals surface area (Å²) in [7, 11) is 0. The van der Waals surface area contributed by atoms with E-state index in [9.17, 15) is 9.59 Å². The Morgan fingerprint density at radius 3 is 2.23 bits per heavy atom. The molecule has 13 heavy (non-hydrogen) atoms. The highest BCUT2D eigenvalue weighted by atomic mass is 35.5. The van der Waals surface area contributed by atoms with E-state index in [0.29, 0.717) is 11.7 Å². The summed E-state index contributed by atoms with van der Waals surface area (Å²) in [6.45, 7) is 5.56. The highest BCUT2D eigenvalue weighted by molar-refractivity contribution is 8.13. The molecule has 0 aliphatic heterocycles. The zero-order valence-electron chi connectivity index (χ0n) is 8.17. The van der Waals surface area contributed by atoms with Crippen molar-refractivity contribution in [2.75, 3.05) is 5.75 Å². The summed E-state index contributed by atoms with van der Waals surface area (Å²) < 4.78 is 0. The van der Waals surface area contributed by atoms with Gasteiger partial charge in [-0.25, -0.2) is 0 Å². The number of thioether (sulfide) groups is 1. The fourth-order valence-corrected chi connectivity index (χ4v) is 1.99. The maximum Gasteiger partial charge on any atom is 0.225 e. The fraction of sp³-hybridized carbons (Fsp3) is 0.778. The highest BCUT2D eigenvalue weighted by Crippen LogP contribution is 2.19. The molecule has 0 saturated carbocycles. The molecule has 0 radical (unpaired) electrons. The minimum atomic E-state index is -0.331. The van der Waals surface area contributed by atoms with Gasteiger partial charge in [-0.05, 0) is 23.9 Å². The second kappa shape index (κ2) is 6.44. The zero-order valence-corrected chi connectivity index (χ0v) is 9.74. The molecule has 0 N–H and O–H groups in total. The van der Waals surface area contributed by atoms with Crippen molar-refractivity contribution in [1.29, 1.82) is 0 Å². The first-order chi connectivity index (χ1) is 5.93. The van der Waals surface area contributed by atoms with E-state index in [-0.39, 0.29) is 16.3 Å². The molecule has 0 aliphatic carbocycles. The van der Waals surface area contributed by atoms with Gasteiger partial charge in [0.05, 0.1) is 0 Å². The number of rotatable bonds is 5. The maximum atomic E-state index is 10.9. The Labute approximate surface area is 88.4 Å². The molecule has 1 atom stereocenters. The van der Waals surface area contributed by atoms with E-state index in [4.69, 9.17) is 11.6 Å². The first kappa shape index (κ1) is 13.0. The molecular weight excluding hydrogens is 208 g/mol. The minimum absolute atomic E-state index is 0.0340. The van der Waals surface area contributed by atoms with E-state index in [1.807, 2.05) is 13.8 Å². The number of carbonyl (C=O) groups excluding carboxylic acids is 2. The molecule has 2 nitrogen and oxygen atoms in total. The van der Waals surface area contributed by atoms with E-state index >= 15 is 0 Å². The standard InChI is InChI=1S/C9H15ClO2S/c1-6(2)4-8(9(10)12)5-13-7(3)11/h6,8H,4-5H2,1-3H3. The van der Waals surface area contributed by atoms with E-state index < -0.39 is 0 Å². The van der Waals surface area contributed by atoms with Crippen LogP contribution in [0.3, 0.4) is 0 Å². The molecule has 0 amide bonds. The van der Waals surface area contributed by atoms with Crippen molar-refractivity contribution >= 4 is 33.7 Å². The highest BCUT2D eigenvalue weighted by Gasteiger charge is 2.18. The number of halogens is 1. The SMILES string of the molecule is CC(=O)SCC(CC(C)C)C(=O)Cl. The molecule has 0 bridgehead atoms. The Hall–Kier alpha value is -0.0200. The van der Waals surface area contributed by atoms with E-state index in [2.05, 4.69) is 0 Å². The molecule has 76 valence electrons. The monoisotopic (exact) mass is 222 g/mol. The van der Waals surface area contributed by atoms with Crippen LogP contribution in [-0.4, -0.2) is 16.1 Å². The number of hydrogen-bond donors (Lipinski definition) is 0. The summed E-state index contributed by atoms with van der Waals surface area (Å²) >= 11 is 6.57. The normalized spacial score (nSPS) is 13.0. The molecule has 1 unspecified atom stereocenters. The summed E-state index contributed by atoms with van der Waals surface area (Å²) in [6.07, 6.45) is 0.753. The largest absolute Gasteiger partial charge is 0.288 e. The lowest BCUT2D eigenvalue weighted by Crippen LogP contribution is -2.15. The zero-order chi connectivity index (χ0) is 10.4. The molecule has 4 heteroatoms. The second-order valence-electron chi connectivity index (χ2n) is 3.43. The van der Waals surface area contributed by atoms with Crippen molar-refractivity contribution in [3.8, 4) is 0 Å². The number of hydrogen-bond acceptors (Lipinski definition) is 3. The lowest BCUT2D eigenvalue weighted by molar-refractivity contribution is -0.114. The average molecular weight is 223 g/mol. The Morgan fingerprint density at radius 2 is 1.92 bits per heavy atom. The molecule has 0 rings (SSSR count). The first-order valence-electron chi connectivity index (χ1n) is 4.26. The van der Waals surface area contributed by atoms with Crippen LogP contribution in [0.15, 0.2) is 0 Å². The fourth-order valence-electron chi connectivity index (χ4n) is 1.01. The molecule has 0 spiro atoms. The van der Waals surface area contributed by atoms with Crippen LogP contribution in [0.4, 0.5) is 0 Å². The van der Waals surface area contributed by atoms with Gasteiger partial charge in [0, 0.05) is 18.6 Å². The van der Waals surface area contributed by atoms with Crippen LogP contribution >= 0.6 is 23.4 Å². The van der Waals surface area contributed by atoms with E-state index in [1.165, 1.54) is 18.7 Å². The number of carbonyl (C=O) groups is 2. The van der Waals surface area contributed by atoms with Gasteiger partial charge in [-0.15, -0.1) is 0 Å². The molecule has 0 aliphatic rings. The second-order valence-corrected chi connectivity index (χ2v) is 5.00. The molecule has 0 saturated heterocycles. The predicted octanol–water partition coefficient (Wildman–Crippen LogP) is 2.69. The summed E-state index contributed by atoms with van der Waals surface area (Å²) in [6, 6.07) is 0. The van der Waals surface area contributed by atoms with Gasteiger partial charge in [0.1, 0.15) is 0 Å². The third kappa shape index (κ3) is 7.08. The smallest absolute Gasteiger partial charge is 0.225 e. The summed E-state index contributed by atoms with van der Waals surface area (Å²) in [5.41, 5.74) is 0. The lowest BCUT2D eigenvalue weighted by Gasteiger charge is -2.13. The van der Waals surface area contributed by atoms with E-state index in [1.54, 1.807) is 0 Å². The van der Waals surface area contributed by atoms with Crippen LogP contribution in [0, 0.1) is 11.8 Å². The Morgan fingerprint density at radius 1 is 1.38 bits per heavy atom. The Balaban J connectivity index is 3.95.